The molecule has 1 aromatic heterocycles. The largest absolute Gasteiger partial charge is 0.381 e. The lowest BCUT2D eigenvalue weighted by Crippen LogP contribution is -2.28. The molecule has 4 N–H and O–H groups in total. The number of halogens is 1. The highest BCUT2D eigenvalue weighted by atomic mass is 35.5. The second-order valence-corrected chi connectivity index (χ2v) is 10.2. The van der Waals surface area contributed by atoms with Gasteiger partial charge in [0.15, 0.2) is 0 Å². The van der Waals surface area contributed by atoms with Crippen molar-refractivity contribution in [3.63, 3.8) is 0 Å². The van der Waals surface area contributed by atoms with Crippen molar-refractivity contribution in [1.29, 1.82) is 0 Å². The molecule has 0 spiro atoms. The Kier molecular flexibility index (Phi) is 5.78. The number of nitrogens with two attached hydrogens (primary N) is 1. The van der Waals surface area contributed by atoms with Crippen molar-refractivity contribution < 1.29 is 0 Å². The number of aromatic nitrogens is 1. The molecule has 1 saturated carbocycles. The number of aromatic amines is 1. The Hall–Kier alpha value is -1.21. The van der Waals surface area contributed by atoms with Crippen molar-refractivity contribution in [3.8, 4) is 0 Å². The van der Waals surface area contributed by atoms with Crippen LogP contribution in [0.2, 0.25) is 5.02 Å². The molecule has 2 aliphatic heterocycles. The number of hydrogen-bond acceptors (Lipinski definition) is 5. The van der Waals surface area contributed by atoms with Crippen molar-refractivity contribution in [2.45, 2.75) is 56.7 Å². The van der Waals surface area contributed by atoms with E-state index in [0.29, 0.717) is 18.1 Å². The highest BCUT2D eigenvalue weighted by Gasteiger charge is 2.24. The molecule has 2 fully saturated rings. The van der Waals surface area contributed by atoms with Crippen LogP contribution in [-0.4, -0.2) is 58.4 Å². The Bertz CT molecular complexity index is 904. The minimum atomic E-state index is 0.359. The number of hydrogen-bond donors (Lipinski definition) is 3. The normalized spacial score (nSPS) is 25.9. The van der Waals surface area contributed by atoms with Gasteiger partial charge in [-0.2, -0.15) is 0 Å². The SMILES string of the molecule is NC1CCN(CCC2CSC(c3cc4cc(Cl)cc(NC5CCCC5)c4[nH]3)=N2)C1. The molecule has 2 atom stereocenters. The molecule has 1 aromatic carbocycles. The van der Waals surface area contributed by atoms with Gasteiger partial charge in [-0.05, 0) is 50.4 Å². The zero-order valence-electron chi connectivity index (χ0n) is 16.8. The summed E-state index contributed by atoms with van der Waals surface area (Å²) in [6.07, 6.45) is 7.36. The monoisotopic (exact) mass is 431 g/mol. The summed E-state index contributed by atoms with van der Waals surface area (Å²) in [6.45, 7) is 3.28. The Morgan fingerprint density at radius 1 is 1.24 bits per heavy atom. The number of anilines is 1. The third kappa shape index (κ3) is 4.46. The Labute approximate surface area is 181 Å². The highest BCUT2D eigenvalue weighted by Crippen LogP contribution is 2.33. The Morgan fingerprint density at radius 3 is 2.90 bits per heavy atom. The lowest BCUT2D eigenvalue weighted by atomic mass is 10.2. The van der Waals surface area contributed by atoms with Crippen molar-refractivity contribution in [2.24, 2.45) is 10.7 Å². The molecule has 1 saturated heterocycles. The molecule has 2 unspecified atom stereocenters. The number of likely N-dealkylation sites (tertiary alicyclic amines) is 1. The summed E-state index contributed by atoms with van der Waals surface area (Å²) in [7, 11) is 0. The Morgan fingerprint density at radius 2 is 2.10 bits per heavy atom. The van der Waals surface area contributed by atoms with Gasteiger partial charge in [0.05, 0.1) is 22.9 Å². The van der Waals surface area contributed by atoms with Gasteiger partial charge in [0.2, 0.25) is 0 Å². The fraction of sp³-hybridized carbons (Fsp3) is 0.591. The number of nitrogens with one attached hydrogen (secondary N) is 2. The summed E-state index contributed by atoms with van der Waals surface area (Å²) in [6, 6.07) is 7.62. The zero-order chi connectivity index (χ0) is 19.8. The van der Waals surface area contributed by atoms with Gasteiger partial charge in [0, 0.05) is 41.3 Å². The first-order valence-corrected chi connectivity index (χ1v) is 12.3. The third-order valence-electron chi connectivity index (χ3n) is 6.44. The Balaban J connectivity index is 1.31. The number of benzene rings is 1. The van der Waals surface area contributed by atoms with E-state index in [9.17, 15) is 0 Å². The average molecular weight is 432 g/mol. The van der Waals surface area contributed by atoms with Crippen LogP contribution in [0.15, 0.2) is 23.2 Å². The first-order chi connectivity index (χ1) is 14.1. The minimum Gasteiger partial charge on any atom is -0.381 e. The fourth-order valence-electron chi connectivity index (χ4n) is 4.83. The quantitative estimate of drug-likeness (QED) is 0.631. The van der Waals surface area contributed by atoms with Gasteiger partial charge in [-0.3, -0.25) is 4.99 Å². The highest BCUT2D eigenvalue weighted by molar-refractivity contribution is 8.14. The van der Waals surface area contributed by atoms with Gasteiger partial charge in [-0.15, -0.1) is 11.8 Å². The number of nitrogens with zero attached hydrogens (tertiary/aromatic N) is 2. The lowest BCUT2D eigenvalue weighted by Gasteiger charge is -2.16. The van der Waals surface area contributed by atoms with E-state index in [0.717, 1.165) is 70.6 Å². The molecule has 3 aliphatic rings. The standard InChI is InChI=1S/C22H30ClN5S/c23-15-9-14-10-20(27-21(14)19(11-15)25-17-3-1-2-4-17)22-26-18(13-29-22)6-8-28-7-5-16(24)12-28/h9-11,16-18,25,27H,1-8,12-13,24H2. The maximum atomic E-state index is 6.41. The second kappa shape index (κ2) is 8.50. The summed E-state index contributed by atoms with van der Waals surface area (Å²) in [5, 5.41) is 6.79. The molecule has 5 rings (SSSR count). The first kappa shape index (κ1) is 19.7. The van der Waals surface area contributed by atoms with Crippen LogP contribution in [0.5, 0.6) is 0 Å². The summed E-state index contributed by atoms with van der Waals surface area (Å²) >= 11 is 8.28. The third-order valence-corrected chi connectivity index (χ3v) is 7.81. The van der Waals surface area contributed by atoms with Gasteiger partial charge in [0.25, 0.3) is 0 Å². The van der Waals surface area contributed by atoms with Crippen LogP contribution >= 0.6 is 23.4 Å². The molecule has 2 aromatic rings. The molecule has 7 heteroatoms. The smallest absolute Gasteiger partial charge is 0.114 e. The summed E-state index contributed by atoms with van der Waals surface area (Å²) < 4.78 is 0. The fourth-order valence-corrected chi connectivity index (χ4v) is 6.14. The summed E-state index contributed by atoms with van der Waals surface area (Å²) in [5.41, 5.74) is 9.41. The van der Waals surface area contributed by atoms with Crippen LogP contribution in [0.3, 0.4) is 0 Å². The van der Waals surface area contributed by atoms with Gasteiger partial charge < -0.3 is 20.9 Å². The van der Waals surface area contributed by atoms with E-state index in [1.165, 1.54) is 25.7 Å². The number of fused-ring (bicyclic) bond motifs is 1. The summed E-state index contributed by atoms with van der Waals surface area (Å²) in [4.78, 5) is 11.1. The van der Waals surface area contributed by atoms with Crippen LogP contribution in [0.25, 0.3) is 10.9 Å². The molecular formula is C22H30ClN5S. The molecule has 3 heterocycles. The van der Waals surface area contributed by atoms with Gasteiger partial charge in [0.1, 0.15) is 5.04 Å². The van der Waals surface area contributed by atoms with E-state index in [4.69, 9.17) is 22.3 Å². The van der Waals surface area contributed by atoms with Crippen molar-refractivity contribution in [3.05, 3.63) is 28.9 Å². The van der Waals surface area contributed by atoms with Crippen LogP contribution in [0.4, 0.5) is 5.69 Å². The topological polar surface area (TPSA) is 69.4 Å². The van der Waals surface area contributed by atoms with Crippen molar-refractivity contribution in [2.75, 3.05) is 30.7 Å². The lowest BCUT2D eigenvalue weighted by molar-refractivity contribution is 0.322. The molecule has 0 amide bonds. The minimum absolute atomic E-state index is 0.359. The molecule has 0 bridgehead atoms. The number of H-pyrrole nitrogens is 1. The second-order valence-electron chi connectivity index (χ2n) is 8.76. The average Bonchev–Trinajstić information content (AvgIpc) is 3.47. The molecule has 29 heavy (non-hydrogen) atoms. The van der Waals surface area contributed by atoms with E-state index in [-0.39, 0.29) is 0 Å². The maximum Gasteiger partial charge on any atom is 0.114 e. The van der Waals surface area contributed by atoms with Crippen LogP contribution in [0.1, 0.15) is 44.2 Å². The van der Waals surface area contributed by atoms with E-state index in [1.54, 1.807) is 0 Å². The molecular weight excluding hydrogens is 402 g/mol. The molecule has 156 valence electrons. The maximum absolute atomic E-state index is 6.41. The van der Waals surface area contributed by atoms with E-state index < -0.39 is 0 Å². The van der Waals surface area contributed by atoms with Crippen LogP contribution in [0, 0.1) is 0 Å². The van der Waals surface area contributed by atoms with E-state index in [1.807, 2.05) is 17.8 Å². The molecule has 0 radical (unpaired) electrons. The van der Waals surface area contributed by atoms with E-state index in [2.05, 4.69) is 27.3 Å². The number of rotatable bonds is 6. The van der Waals surface area contributed by atoms with Crippen molar-refractivity contribution >= 4 is 45.0 Å². The zero-order valence-corrected chi connectivity index (χ0v) is 18.4. The summed E-state index contributed by atoms with van der Waals surface area (Å²) in [5.74, 6) is 1.07. The van der Waals surface area contributed by atoms with E-state index >= 15 is 0 Å². The van der Waals surface area contributed by atoms with Crippen LogP contribution in [-0.2, 0) is 0 Å². The predicted molar refractivity (Wildman–Crippen MR) is 126 cm³/mol. The van der Waals surface area contributed by atoms with Gasteiger partial charge in [-0.1, -0.05) is 24.4 Å². The van der Waals surface area contributed by atoms with Gasteiger partial charge in [-0.25, -0.2) is 0 Å². The number of aliphatic imine (C=N–C) groups is 1. The van der Waals surface area contributed by atoms with Gasteiger partial charge >= 0.3 is 0 Å². The number of thioether (sulfide) groups is 1. The molecule has 1 aliphatic carbocycles. The van der Waals surface area contributed by atoms with Crippen molar-refractivity contribution in [1.82, 2.24) is 9.88 Å². The van der Waals surface area contributed by atoms with Crippen LogP contribution < -0.4 is 11.1 Å². The molecule has 5 nitrogen and oxygen atoms in total. The predicted octanol–water partition coefficient (Wildman–Crippen LogP) is 4.46. The first-order valence-electron chi connectivity index (χ1n) is 10.9.